The Morgan fingerprint density at radius 3 is 2.63 bits per heavy atom. The molecule has 1 atom stereocenters. The van der Waals surface area contributed by atoms with Crippen molar-refractivity contribution in [3.05, 3.63) is 37.1 Å². The average Bonchev–Trinajstić information content (AvgIpc) is 2.83. The van der Waals surface area contributed by atoms with E-state index >= 15 is 0 Å². The summed E-state index contributed by atoms with van der Waals surface area (Å²) in [6.07, 6.45) is 2.41. The van der Waals surface area contributed by atoms with Gasteiger partial charge < -0.3 is 9.30 Å². The minimum Gasteiger partial charge on any atom is -0.481 e. The molecule has 0 bridgehead atoms. The maximum absolute atomic E-state index is 5.17. The predicted octanol–water partition coefficient (Wildman–Crippen LogP) is 4.07. The smallest absolute Gasteiger partial charge is 0.213 e. The van der Waals surface area contributed by atoms with Gasteiger partial charge in [0.15, 0.2) is 0 Å². The molecule has 0 aliphatic heterocycles. The number of rotatable bonds is 5. The molecular weight excluding hydrogens is 255 g/mol. The fourth-order valence-electron chi connectivity index (χ4n) is 2.06. The molecule has 19 heavy (non-hydrogen) atoms. The van der Waals surface area contributed by atoms with Gasteiger partial charge in [0.05, 0.1) is 18.1 Å². The standard InChI is InChI=1S/C13H19N2OP.C2H4/c1-4-15-10(9-17-5-2)8-11-12(15)6-7-13(14-11)16-3;1-2/h6-8,17H,4-5,9H2,1-3H3;1-2H2. The van der Waals surface area contributed by atoms with E-state index in [0.717, 1.165) is 26.8 Å². The highest BCUT2D eigenvalue weighted by Crippen LogP contribution is 2.26. The first-order valence-electron chi connectivity index (χ1n) is 6.54. The highest BCUT2D eigenvalue weighted by atomic mass is 31.1. The van der Waals surface area contributed by atoms with Gasteiger partial charge in [-0.25, -0.2) is 4.98 Å². The van der Waals surface area contributed by atoms with E-state index in [9.17, 15) is 0 Å². The fraction of sp³-hybridized carbons (Fsp3) is 0.400. The summed E-state index contributed by atoms with van der Waals surface area (Å²) in [7, 11) is 2.65. The van der Waals surface area contributed by atoms with E-state index in [1.54, 1.807) is 7.11 Å². The van der Waals surface area contributed by atoms with Gasteiger partial charge in [-0.3, -0.25) is 0 Å². The zero-order valence-corrected chi connectivity index (χ0v) is 13.1. The minimum absolute atomic E-state index is 0.690. The second-order valence-electron chi connectivity index (χ2n) is 3.92. The molecule has 0 fully saturated rings. The molecule has 104 valence electrons. The van der Waals surface area contributed by atoms with Crippen LogP contribution in [-0.4, -0.2) is 22.8 Å². The summed E-state index contributed by atoms with van der Waals surface area (Å²) in [6, 6.07) is 6.23. The molecule has 0 aliphatic carbocycles. The van der Waals surface area contributed by atoms with Crippen LogP contribution in [0.15, 0.2) is 31.4 Å². The van der Waals surface area contributed by atoms with E-state index in [4.69, 9.17) is 4.74 Å². The Morgan fingerprint density at radius 1 is 1.32 bits per heavy atom. The van der Waals surface area contributed by atoms with Crippen LogP contribution >= 0.6 is 8.58 Å². The normalized spacial score (nSPS) is 10.7. The number of aryl methyl sites for hydroxylation is 1. The summed E-state index contributed by atoms with van der Waals surface area (Å²) >= 11 is 0. The quantitative estimate of drug-likeness (QED) is 0.609. The zero-order valence-electron chi connectivity index (χ0n) is 12.1. The van der Waals surface area contributed by atoms with Crippen molar-refractivity contribution in [1.29, 1.82) is 0 Å². The molecule has 0 aromatic carbocycles. The Morgan fingerprint density at radius 2 is 2.05 bits per heavy atom. The van der Waals surface area contributed by atoms with Crippen molar-refractivity contribution in [2.24, 2.45) is 0 Å². The number of methoxy groups -OCH3 is 1. The average molecular weight is 278 g/mol. The van der Waals surface area contributed by atoms with E-state index in [-0.39, 0.29) is 0 Å². The van der Waals surface area contributed by atoms with Crippen molar-refractivity contribution < 1.29 is 4.74 Å². The topological polar surface area (TPSA) is 27.1 Å². The molecule has 2 rings (SSSR count). The largest absolute Gasteiger partial charge is 0.481 e. The monoisotopic (exact) mass is 278 g/mol. The Hall–Kier alpha value is -1.34. The Labute approximate surface area is 117 Å². The molecule has 2 aromatic heterocycles. The summed E-state index contributed by atoms with van der Waals surface area (Å²) in [5, 5.41) is 0. The highest BCUT2D eigenvalue weighted by molar-refractivity contribution is 7.37. The van der Waals surface area contributed by atoms with Gasteiger partial charge in [0.1, 0.15) is 0 Å². The van der Waals surface area contributed by atoms with Gasteiger partial charge in [-0.15, -0.1) is 21.7 Å². The van der Waals surface area contributed by atoms with E-state index in [1.165, 1.54) is 17.4 Å². The molecule has 0 saturated heterocycles. The number of aromatic nitrogens is 2. The maximum atomic E-state index is 5.17. The molecular formula is C15H23N2OP. The van der Waals surface area contributed by atoms with E-state index in [0.29, 0.717) is 5.88 Å². The van der Waals surface area contributed by atoms with E-state index in [1.807, 2.05) is 6.07 Å². The highest BCUT2D eigenvalue weighted by Gasteiger charge is 2.08. The van der Waals surface area contributed by atoms with Crippen LogP contribution in [0.2, 0.25) is 0 Å². The summed E-state index contributed by atoms with van der Waals surface area (Å²) in [5.41, 5.74) is 3.65. The van der Waals surface area contributed by atoms with Crippen molar-refractivity contribution in [2.75, 3.05) is 13.3 Å². The molecule has 0 aliphatic rings. The van der Waals surface area contributed by atoms with Gasteiger partial charge in [-0.2, -0.15) is 0 Å². The molecule has 0 spiro atoms. The molecule has 0 saturated carbocycles. The molecule has 0 N–H and O–H groups in total. The van der Waals surface area contributed by atoms with Gasteiger partial charge in [0, 0.05) is 24.5 Å². The van der Waals surface area contributed by atoms with Gasteiger partial charge in [-0.1, -0.05) is 6.92 Å². The van der Waals surface area contributed by atoms with Crippen LogP contribution in [0.5, 0.6) is 5.88 Å². The molecule has 4 heteroatoms. The van der Waals surface area contributed by atoms with Gasteiger partial charge in [-0.05, 0) is 25.2 Å². The third kappa shape index (κ3) is 3.57. The summed E-state index contributed by atoms with van der Waals surface area (Å²) in [6.45, 7) is 11.4. The first-order valence-corrected chi connectivity index (χ1v) is 7.95. The van der Waals surface area contributed by atoms with Crippen LogP contribution in [0, 0.1) is 0 Å². The number of nitrogens with zero attached hydrogens (tertiary/aromatic N) is 2. The first kappa shape index (κ1) is 15.7. The van der Waals surface area contributed by atoms with Crippen LogP contribution in [0.1, 0.15) is 19.5 Å². The number of ether oxygens (including phenoxy) is 1. The third-order valence-corrected chi connectivity index (χ3v) is 4.01. The Kier molecular flexibility index (Phi) is 6.58. The van der Waals surface area contributed by atoms with Crippen LogP contribution in [0.3, 0.4) is 0 Å². The Balaban J connectivity index is 0.000000861. The Bertz CT molecular complexity index is 522. The SMILES string of the molecule is C=C.CCPCc1cc2nc(OC)ccc2n1CC. The van der Waals surface area contributed by atoms with Crippen molar-refractivity contribution in [1.82, 2.24) is 9.55 Å². The van der Waals surface area contributed by atoms with Gasteiger partial charge in [0.25, 0.3) is 0 Å². The van der Waals surface area contributed by atoms with E-state index < -0.39 is 0 Å². The lowest BCUT2D eigenvalue weighted by Crippen LogP contribution is -1.98. The van der Waals surface area contributed by atoms with Gasteiger partial charge >= 0.3 is 0 Å². The van der Waals surface area contributed by atoms with Crippen molar-refractivity contribution >= 4 is 19.6 Å². The number of pyridine rings is 1. The molecule has 2 heterocycles. The summed E-state index contributed by atoms with van der Waals surface area (Å²) < 4.78 is 7.52. The molecule has 1 unspecified atom stereocenters. The lowest BCUT2D eigenvalue weighted by molar-refractivity contribution is 0.399. The van der Waals surface area contributed by atoms with Crippen molar-refractivity contribution in [3.63, 3.8) is 0 Å². The fourth-order valence-corrected chi connectivity index (χ4v) is 2.86. The molecule has 0 radical (unpaired) electrons. The zero-order chi connectivity index (χ0) is 14.3. The van der Waals surface area contributed by atoms with Crippen LogP contribution in [0.4, 0.5) is 0 Å². The van der Waals surface area contributed by atoms with Crippen LogP contribution in [-0.2, 0) is 12.7 Å². The lowest BCUT2D eigenvalue weighted by Gasteiger charge is -2.07. The maximum Gasteiger partial charge on any atom is 0.213 e. The molecule has 0 amide bonds. The van der Waals surface area contributed by atoms with Crippen molar-refractivity contribution in [3.8, 4) is 5.88 Å². The first-order chi connectivity index (χ1) is 9.30. The second-order valence-corrected chi connectivity index (χ2v) is 5.48. The lowest BCUT2D eigenvalue weighted by atomic mass is 10.4. The van der Waals surface area contributed by atoms with Crippen molar-refractivity contribution in [2.45, 2.75) is 26.6 Å². The van der Waals surface area contributed by atoms with E-state index in [2.05, 4.69) is 48.7 Å². The third-order valence-electron chi connectivity index (χ3n) is 2.90. The van der Waals surface area contributed by atoms with Crippen LogP contribution < -0.4 is 4.74 Å². The van der Waals surface area contributed by atoms with Crippen LogP contribution in [0.25, 0.3) is 11.0 Å². The summed E-state index contributed by atoms with van der Waals surface area (Å²) in [4.78, 5) is 4.49. The molecule has 3 nitrogen and oxygen atoms in total. The number of hydrogen-bond donors (Lipinski definition) is 0. The minimum atomic E-state index is 0.690. The molecule has 2 aromatic rings. The van der Waals surface area contributed by atoms with Gasteiger partial charge in [0.2, 0.25) is 5.88 Å². The summed E-state index contributed by atoms with van der Waals surface area (Å²) in [5.74, 6) is 0.690. The number of hydrogen-bond acceptors (Lipinski definition) is 2. The predicted molar refractivity (Wildman–Crippen MR) is 85.8 cm³/mol. The second kappa shape index (κ2) is 7.96. The number of fused-ring (bicyclic) bond motifs is 1.